The van der Waals surface area contributed by atoms with Gasteiger partial charge in [-0.2, -0.15) is 0 Å². The molecule has 0 radical (unpaired) electrons. The summed E-state index contributed by atoms with van der Waals surface area (Å²) in [6.45, 7) is 7.27. The molecule has 2 N–H and O–H groups in total. The highest BCUT2D eigenvalue weighted by Gasteiger charge is 2.15. The number of methoxy groups -OCH3 is 1. The van der Waals surface area contributed by atoms with Gasteiger partial charge in [0.2, 0.25) is 0 Å². The summed E-state index contributed by atoms with van der Waals surface area (Å²) in [6, 6.07) is 3.99. The minimum absolute atomic E-state index is 0.129. The van der Waals surface area contributed by atoms with Gasteiger partial charge in [-0.05, 0) is 38.0 Å². The Bertz CT molecular complexity index is 350. The van der Waals surface area contributed by atoms with Crippen LogP contribution in [-0.4, -0.2) is 20.3 Å². The van der Waals surface area contributed by atoms with E-state index in [2.05, 4.69) is 13.0 Å². The van der Waals surface area contributed by atoms with E-state index in [1.807, 2.05) is 19.9 Å². The average molecular weight is 223 g/mol. The second kappa shape index (κ2) is 5.87. The molecule has 0 heterocycles. The summed E-state index contributed by atoms with van der Waals surface area (Å²) in [5.41, 5.74) is 9.49. The molecule has 16 heavy (non-hydrogen) atoms. The molecule has 0 spiro atoms. The fraction of sp³-hybridized carbons (Fsp3) is 0.538. The van der Waals surface area contributed by atoms with Crippen molar-refractivity contribution in [2.45, 2.75) is 26.8 Å². The second-order valence-corrected chi connectivity index (χ2v) is 3.96. The molecular weight excluding hydrogens is 202 g/mol. The molecule has 0 aliphatic rings. The Kier molecular flexibility index (Phi) is 4.77. The highest BCUT2D eigenvalue weighted by molar-refractivity contribution is 5.44. The Balaban J connectivity index is 3.01. The van der Waals surface area contributed by atoms with Gasteiger partial charge < -0.3 is 15.2 Å². The summed E-state index contributed by atoms with van der Waals surface area (Å²) in [5.74, 6) is 0.852. The molecule has 3 nitrogen and oxygen atoms in total. The molecule has 90 valence electrons. The predicted octanol–water partition coefficient (Wildman–Crippen LogP) is 2.35. The van der Waals surface area contributed by atoms with Crippen molar-refractivity contribution < 1.29 is 9.47 Å². The molecule has 0 fully saturated rings. The average Bonchev–Trinajstić information content (AvgIpc) is 2.24. The van der Waals surface area contributed by atoms with Crippen molar-refractivity contribution in [3.8, 4) is 5.75 Å². The molecule has 1 unspecified atom stereocenters. The lowest BCUT2D eigenvalue weighted by Gasteiger charge is -2.18. The van der Waals surface area contributed by atoms with Gasteiger partial charge in [-0.3, -0.25) is 0 Å². The van der Waals surface area contributed by atoms with Crippen molar-refractivity contribution >= 4 is 0 Å². The van der Waals surface area contributed by atoms with E-state index in [0.29, 0.717) is 13.2 Å². The quantitative estimate of drug-likeness (QED) is 0.833. The minimum atomic E-state index is -0.129. The summed E-state index contributed by atoms with van der Waals surface area (Å²) < 4.78 is 10.7. The monoisotopic (exact) mass is 223 g/mol. The predicted molar refractivity (Wildman–Crippen MR) is 65.9 cm³/mol. The molecule has 0 aliphatic heterocycles. The molecule has 1 aromatic carbocycles. The maximum absolute atomic E-state index is 6.10. The van der Waals surface area contributed by atoms with Gasteiger partial charge >= 0.3 is 0 Å². The van der Waals surface area contributed by atoms with Gasteiger partial charge in [0, 0.05) is 12.2 Å². The van der Waals surface area contributed by atoms with Crippen LogP contribution in [0.2, 0.25) is 0 Å². The van der Waals surface area contributed by atoms with Crippen LogP contribution in [0.5, 0.6) is 5.75 Å². The Morgan fingerprint density at radius 1 is 1.31 bits per heavy atom. The van der Waals surface area contributed by atoms with Crippen LogP contribution in [0.15, 0.2) is 12.1 Å². The molecular formula is C13H21NO2. The number of ether oxygens (including phenoxy) is 2. The van der Waals surface area contributed by atoms with Gasteiger partial charge in [-0.1, -0.05) is 6.07 Å². The fourth-order valence-electron chi connectivity index (χ4n) is 1.91. The molecule has 0 bridgehead atoms. The van der Waals surface area contributed by atoms with Crippen LogP contribution in [0.1, 0.15) is 29.7 Å². The lowest BCUT2D eigenvalue weighted by molar-refractivity contribution is 0.132. The zero-order valence-electron chi connectivity index (χ0n) is 10.5. The Hall–Kier alpha value is -1.06. The Morgan fingerprint density at radius 2 is 2.00 bits per heavy atom. The number of rotatable bonds is 5. The molecule has 0 saturated carbocycles. The van der Waals surface area contributed by atoms with Gasteiger partial charge in [-0.15, -0.1) is 0 Å². The molecule has 0 amide bonds. The van der Waals surface area contributed by atoms with Crippen molar-refractivity contribution in [1.29, 1.82) is 0 Å². The lowest BCUT2D eigenvalue weighted by atomic mass is 9.99. The van der Waals surface area contributed by atoms with Crippen molar-refractivity contribution in [2.75, 3.05) is 20.3 Å². The summed E-state index contributed by atoms with van der Waals surface area (Å²) in [7, 11) is 1.67. The van der Waals surface area contributed by atoms with E-state index in [4.69, 9.17) is 15.2 Å². The van der Waals surface area contributed by atoms with Crippen LogP contribution in [0, 0.1) is 13.8 Å². The van der Waals surface area contributed by atoms with Gasteiger partial charge in [-0.25, -0.2) is 0 Å². The maximum Gasteiger partial charge on any atom is 0.124 e. The van der Waals surface area contributed by atoms with E-state index in [1.165, 1.54) is 5.56 Å². The van der Waals surface area contributed by atoms with Gasteiger partial charge in [0.15, 0.2) is 0 Å². The highest BCUT2D eigenvalue weighted by Crippen LogP contribution is 2.28. The molecule has 0 aliphatic carbocycles. The third-order valence-electron chi connectivity index (χ3n) is 2.59. The number of hydrogen-bond acceptors (Lipinski definition) is 3. The zero-order valence-corrected chi connectivity index (χ0v) is 10.5. The smallest absolute Gasteiger partial charge is 0.124 e. The van der Waals surface area contributed by atoms with Crippen LogP contribution in [0.25, 0.3) is 0 Å². The maximum atomic E-state index is 6.10. The van der Waals surface area contributed by atoms with Gasteiger partial charge in [0.1, 0.15) is 5.75 Å². The van der Waals surface area contributed by atoms with E-state index in [0.717, 1.165) is 16.9 Å². The Labute approximate surface area is 97.6 Å². The minimum Gasteiger partial charge on any atom is -0.496 e. The van der Waals surface area contributed by atoms with Crippen molar-refractivity contribution in [1.82, 2.24) is 0 Å². The number of benzene rings is 1. The van der Waals surface area contributed by atoms with Crippen LogP contribution in [-0.2, 0) is 4.74 Å². The van der Waals surface area contributed by atoms with Crippen LogP contribution >= 0.6 is 0 Å². The SMILES string of the molecule is CCOCC(N)c1c(C)cc(C)cc1OC. The van der Waals surface area contributed by atoms with Crippen LogP contribution in [0.4, 0.5) is 0 Å². The topological polar surface area (TPSA) is 44.5 Å². The first kappa shape index (κ1) is 13.0. The number of nitrogens with two attached hydrogens (primary N) is 1. The normalized spacial score (nSPS) is 12.6. The van der Waals surface area contributed by atoms with E-state index in [9.17, 15) is 0 Å². The second-order valence-electron chi connectivity index (χ2n) is 3.96. The van der Waals surface area contributed by atoms with Crippen LogP contribution < -0.4 is 10.5 Å². The summed E-state index contributed by atoms with van der Waals surface area (Å²) in [5, 5.41) is 0. The third-order valence-corrected chi connectivity index (χ3v) is 2.59. The van der Waals surface area contributed by atoms with E-state index in [-0.39, 0.29) is 6.04 Å². The summed E-state index contributed by atoms with van der Waals surface area (Å²) in [6.07, 6.45) is 0. The first-order chi connectivity index (χ1) is 7.60. The molecule has 1 rings (SSSR count). The van der Waals surface area contributed by atoms with Crippen LogP contribution in [0.3, 0.4) is 0 Å². The first-order valence-corrected chi connectivity index (χ1v) is 5.58. The summed E-state index contributed by atoms with van der Waals surface area (Å²) >= 11 is 0. The third kappa shape index (κ3) is 2.97. The van der Waals surface area contributed by atoms with Gasteiger partial charge in [0.05, 0.1) is 19.8 Å². The molecule has 1 atom stereocenters. The molecule has 3 heteroatoms. The molecule has 0 saturated heterocycles. The largest absolute Gasteiger partial charge is 0.496 e. The van der Waals surface area contributed by atoms with Crippen molar-refractivity contribution in [2.24, 2.45) is 5.73 Å². The van der Waals surface area contributed by atoms with Crippen molar-refractivity contribution in [3.63, 3.8) is 0 Å². The standard InChI is InChI=1S/C13H21NO2/c1-5-16-8-11(14)13-10(3)6-9(2)7-12(13)15-4/h6-7,11H,5,8,14H2,1-4H3. The molecule has 0 aromatic heterocycles. The number of aryl methyl sites for hydroxylation is 2. The highest BCUT2D eigenvalue weighted by atomic mass is 16.5. The zero-order chi connectivity index (χ0) is 12.1. The fourth-order valence-corrected chi connectivity index (χ4v) is 1.91. The van der Waals surface area contributed by atoms with E-state index >= 15 is 0 Å². The lowest BCUT2D eigenvalue weighted by Crippen LogP contribution is -2.19. The summed E-state index contributed by atoms with van der Waals surface area (Å²) in [4.78, 5) is 0. The Morgan fingerprint density at radius 3 is 2.56 bits per heavy atom. The van der Waals surface area contributed by atoms with Gasteiger partial charge in [0.25, 0.3) is 0 Å². The van der Waals surface area contributed by atoms with E-state index in [1.54, 1.807) is 7.11 Å². The van der Waals surface area contributed by atoms with E-state index < -0.39 is 0 Å². The number of hydrogen-bond donors (Lipinski definition) is 1. The van der Waals surface area contributed by atoms with Crippen molar-refractivity contribution in [3.05, 3.63) is 28.8 Å². The molecule has 1 aromatic rings. The first-order valence-electron chi connectivity index (χ1n) is 5.58.